The first-order valence-corrected chi connectivity index (χ1v) is 17.8. The van der Waals surface area contributed by atoms with Crippen molar-refractivity contribution in [2.75, 3.05) is 0 Å². The van der Waals surface area contributed by atoms with Crippen LogP contribution in [0.1, 0.15) is 49.3 Å². The number of fused-ring (bicyclic) bond motifs is 7. The second kappa shape index (κ2) is 14.3. The Hall–Kier alpha value is -8.14. The van der Waals surface area contributed by atoms with Crippen molar-refractivity contribution in [2.45, 2.75) is 0 Å². The molecule has 0 bridgehead atoms. The summed E-state index contributed by atoms with van der Waals surface area (Å²) in [4.78, 5) is 8.48. The van der Waals surface area contributed by atoms with Crippen LogP contribution in [-0.2, 0) is 0 Å². The highest BCUT2D eigenvalue weighted by Crippen LogP contribution is 2.51. The minimum atomic E-state index is -1.36. The minimum absolute atomic E-state index is 0.516. The van der Waals surface area contributed by atoms with Crippen LogP contribution < -0.4 is 0 Å². The van der Waals surface area contributed by atoms with Gasteiger partial charge in [-0.25, -0.2) is 4.98 Å². The maximum Gasteiger partial charge on any atom is 0.143 e. The molecule has 3 nitrogen and oxygen atoms in total. The molecule has 0 radical (unpaired) electrons. The highest BCUT2D eigenvalue weighted by molar-refractivity contribution is 6.16. The van der Waals surface area contributed by atoms with E-state index in [1.165, 1.54) is 0 Å². The predicted molar refractivity (Wildman–Crippen MR) is 254 cm³/mol. The van der Waals surface area contributed by atoms with Crippen molar-refractivity contribution in [2.24, 2.45) is 0 Å². The van der Waals surface area contributed by atoms with Crippen LogP contribution in [0.15, 0.2) is 222 Å². The lowest BCUT2D eigenvalue weighted by Crippen LogP contribution is -1.91. The van der Waals surface area contributed by atoms with E-state index in [-0.39, 0.29) is 0 Å². The van der Waals surface area contributed by atoms with Crippen molar-refractivity contribution in [3.8, 4) is 67.3 Å². The van der Waals surface area contributed by atoms with E-state index in [1.807, 2.05) is 0 Å². The van der Waals surface area contributed by atoms with Gasteiger partial charge in [0.2, 0.25) is 0 Å². The van der Waals surface area contributed by atoms with Crippen molar-refractivity contribution >= 4 is 54.1 Å². The molecule has 12 aromatic rings. The van der Waals surface area contributed by atoms with Crippen LogP contribution in [0.25, 0.3) is 121 Å². The van der Waals surface area contributed by atoms with Crippen LogP contribution in [-0.4, -0.2) is 9.97 Å². The summed E-state index contributed by atoms with van der Waals surface area (Å²) < 4.78 is 337. The van der Waals surface area contributed by atoms with Gasteiger partial charge in [-0.05, 0) is 78.7 Å². The summed E-state index contributed by atoms with van der Waals surface area (Å²) in [5.74, 6) is -2.36. The van der Waals surface area contributed by atoms with Crippen LogP contribution in [0.2, 0.25) is 0 Å². The van der Waals surface area contributed by atoms with Gasteiger partial charge in [-0.1, -0.05) is 187 Å². The molecule has 61 heavy (non-hydrogen) atoms. The fraction of sp³-hybridized carbons (Fsp3) is 0. The van der Waals surface area contributed by atoms with E-state index in [4.69, 9.17) is 30.5 Å². The Balaban J connectivity index is 1.35. The first kappa shape index (κ1) is 14.3. The molecule has 0 aliphatic rings. The molecule has 284 valence electrons. The maximum atomic E-state index is 10.4. The van der Waals surface area contributed by atoms with Crippen molar-refractivity contribution < 1.29 is 53.8 Å². The summed E-state index contributed by atoms with van der Waals surface area (Å²) in [6, 6.07) is -38.1. The molecule has 0 amide bonds. The van der Waals surface area contributed by atoms with Crippen molar-refractivity contribution in [1.82, 2.24) is 9.97 Å². The quantitative estimate of drug-likeness (QED) is 0.157. The average Bonchev–Trinajstić information content (AvgIpc) is 1.69. The molecule has 3 heterocycles. The molecule has 0 saturated carbocycles. The normalized spacial score (nSPS) is 19.9. The first-order valence-electron chi connectivity index (χ1n) is 35.8. The maximum absolute atomic E-state index is 10.4. The Morgan fingerprint density at radius 1 is 0.344 bits per heavy atom. The highest BCUT2D eigenvalue weighted by Gasteiger charge is 2.27. The smallest absolute Gasteiger partial charge is 0.143 e. The molecule has 9 aromatic carbocycles. The number of aromatic nitrogens is 2. The van der Waals surface area contributed by atoms with Gasteiger partial charge in [0.05, 0.1) is 66.1 Å². The number of nitrogens with zero attached hydrogens (tertiary/aromatic N) is 2. The zero-order chi connectivity index (χ0) is 71.6. The molecule has 0 aliphatic heterocycles. The zero-order valence-electron chi connectivity index (χ0n) is 66.3. The number of hydrogen-bond acceptors (Lipinski definition) is 3. The molecule has 0 spiro atoms. The van der Waals surface area contributed by atoms with E-state index in [0.717, 1.165) is 0 Å². The summed E-state index contributed by atoms with van der Waals surface area (Å²) in [5, 5.41) is -5.98. The number of rotatable bonds is 6. The molecule has 0 saturated heterocycles. The van der Waals surface area contributed by atoms with Gasteiger partial charge in [0.25, 0.3) is 0 Å². The van der Waals surface area contributed by atoms with Gasteiger partial charge in [0.15, 0.2) is 0 Å². The van der Waals surface area contributed by atoms with Crippen LogP contribution >= 0.6 is 0 Å². The van der Waals surface area contributed by atoms with Gasteiger partial charge in [-0.3, -0.25) is 4.98 Å². The van der Waals surface area contributed by atoms with Crippen LogP contribution in [0.4, 0.5) is 0 Å². The number of pyridine rings is 2. The number of furan rings is 1. The predicted octanol–water partition coefficient (Wildman–Crippen LogP) is 15.8. The Kier molecular flexibility index (Phi) is 3.34. The second-order valence-corrected chi connectivity index (χ2v) is 12.9. The molecule has 3 aromatic heterocycles. The highest BCUT2D eigenvalue weighted by atomic mass is 16.3. The summed E-state index contributed by atoms with van der Waals surface area (Å²) in [6.07, 6.45) is -0.839. The van der Waals surface area contributed by atoms with Crippen LogP contribution in [0, 0.1) is 0 Å². The lowest BCUT2D eigenvalue weighted by Gasteiger charge is -2.14. The van der Waals surface area contributed by atoms with E-state index in [1.54, 1.807) is 0 Å². The molecule has 0 unspecified atom stereocenters. The van der Waals surface area contributed by atoms with Crippen molar-refractivity contribution in [3.63, 3.8) is 0 Å². The minimum Gasteiger partial charge on any atom is -0.455 e. The summed E-state index contributed by atoms with van der Waals surface area (Å²) in [5.41, 5.74) is -11.6. The third-order valence-corrected chi connectivity index (χ3v) is 9.55. The van der Waals surface area contributed by atoms with Crippen LogP contribution in [0.5, 0.6) is 0 Å². The van der Waals surface area contributed by atoms with Gasteiger partial charge >= 0.3 is 0 Å². The Morgan fingerprint density at radius 2 is 0.902 bits per heavy atom. The molecule has 0 aliphatic carbocycles. The van der Waals surface area contributed by atoms with E-state index in [9.17, 15) is 23.3 Å². The standard InChI is InChI=1S/C58H36N2O/c1-3-15-37(16-4-1)53-54(57(40-17-5-2-6-18-40)61-58(53)51-36-42-19-7-8-23-44(42)46-24-10-12-27-49(46)51)43-21-13-20-41(35-43)45-31-32-50(48-26-11-9-25-47(45)48)52-33-30-39-29-28-38-22-14-34-59-55(38)56(39)60-52/h1-36H/i1D,2D,3D,4D,5D,6D,7D,8D,9D,10D,11D,12D,13D,14D,15D,16D,17D,18D,19D,20D,21D,22D,23D,24D,25D,26D,27D,28D,29D,30D,31D,32D,33D,34D,35D,36D. The molecular formula is C58H36N2O. The summed E-state index contributed by atoms with van der Waals surface area (Å²) >= 11 is 0. The largest absolute Gasteiger partial charge is 0.455 e. The van der Waals surface area contributed by atoms with E-state index in [0.29, 0.717) is 0 Å². The summed E-state index contributed by atoms with van der Waals surface area (Å²) in [6.45, 7) is 0. The average molecular weight is 813 g/mol. The second-order valence-electron chi connectivity index (χ2n) is 12.9. The lowest BCUT2D eigenvalue weighted by molar-refractivity contribution is 0.599. The fourth-order valence-corrected chi connectivity index (χ4v) is 6.97. The van der Waals surface area contributed by atoms with E-state index in [2.05, 4.69) is 9.97 Å². The molecule has 3 heteroatoms. The summed E-state index contributed by atoms with van der Waals surface area (Å²) in [7, 11) is 0. The van der Waals surface area contributed by atoms with Gasteiger partial charge < -0.3 is 4.42 Å². The third kappa shape index (κ3) is 5.82. The molecule has 0 N–H and O–H groups in total. The topological polar surface area (TPSA) is 38.9 Å². The van der Waals surface area contributed by atoms with Crippen molar-refractivity contribution in [1.29, 1.82) is 0 Å². The Morgan fingerprint density at radius 3 is 1.69 bits per heavy atom. The monoisotopic (exact) mass is 813 g/mol. The Labute approximate surface area is 403 Å². The fourth-order valence-electron chi connectivity index (χ4n) is 6.97. The number of hydrogen-bond donors (Lipinski definition) is 0. The molecular weight excluding hydrogens is 741 g/mol. The van der Waals surface area contributed by atoms with Gasteiger partial charge in [0.1, 0.15) is 11.5 Å². The van der Waals surface area contributed by atoms with E-state index >= 15 is 0 Å². The van der Waals surface area contributed by atoms with Gasteiger partial charge in [-0.15, -0.1) is 0 Å². The molecule has 0 atom stereocenters. The van der Waals surface area contributed by atoms with Crippen LogP contribution in [0.3, 0.4) is 0 Å². The third-order valence-electron chi connectivity index (χ3n) is 9.55. The zero-order valence-corrected chi connectivity index (χ0v) is 30.3. The Bertz CT molecular complexity index is 5730. The molecule has 12 rings (SSSR count). The number of benzene rings is 9. The van der Waals surface area contributed by atoms with E-state index < -0.39 is 339 Å². The van der Waals surface area contributed by atoms with Gasteiger partial charge in [0, 0.05) is 44.8 Å². The SMILES string of the molecule is [2H]c1nc2c(c([2H])c1[2H])c([2H])c([2H])c1c([2H])c([2H])c(-c3c([2H])c([2H])c(-c4c([2H])c([2H])c([2H])c(-c5c(-c6c([2H])c([2H])c([2H])c([2H])c6[2H])oc(-c6c([2H])c7c([2H])c([2H])c([2H])c([2H])c7c7c([2H])c([2H])c([2H])c([2H])c67)c5-c5c([2H])c([2H])c([2H])c([2H])c5[2H])c4[2H])c4c([2H])c([2H])c([2H])c([2H])c34)nc12. The van der Waals surface area contributed by atoms with Gasteiger partial charge in [-0.2, -0.15) is 0 Å². The lowest BCUT2D eigenvalue weighted by atomic mass is 9.87. The molecule has 0 fully saturated rings. The first-order chi connectivity index (χ1) is 45.2. The van der Waals surface area contributed by atoms with Crippen molar-refractivity contribution in [3.05, 3.63) is 218 Å².